The molecule has 0 radical (unpaired) electrons. The van der Waals surface area contributed by atoms with Crippen LogP contribution in [0.15, 0.2) is 46.1 Å². The third-order valence-corrected chi connectivity index (χ3v) is 3.01. The third kappa shape index (κ3) is 4.35. The number of ether oxygens (including phenoxy) is 2. The van der Waals surface area contributed by atoms with Crippen molar-refractivity contribution in [3.05, 3.63) is 47.9 Å². The van der Waals surface area contributed by atoms with Crippen molar-refractivity contribution in [2.24, 2.45) is 5.10 Å². The van der Waals surface area contributed by atoms with Crippen LogP contribution in [0.4, 0.5) is 0 Å². The quantitative estimate of drug-likeness (QED) is 0.468. The fourth-order valence-electron chi connectivity index (χ4n) is 1.89. The van der Waals surface area contributed by atoms with Crippen LogP contribution in [0.5, 0.6) is 11.5 Å². The molecule has 1 heterocycles. The minimum absolute atomic E-state index is 0.118. The number of nitrogens with zero attached hydrogens (tertiary/aromatic N) is 1. The number of amides is 2. The molecule has 1 aromatic carbocycles. The summed E-state index contributed by atoms with van der Waals surface area (Å²) in [5.41, 5.74) is 2.73. The molecule has 2 N–H and O–H groups in total. The van der Waals surface area contributed by atoms with E-state index >= 15 is 0 Å². The number of furan rings is 1. The van der Waals surface area contributed by atoms with Gasteiger partial charge in [-0.15, -0.1) is 0 Å². The van der Waals surface area contributed by atoms with Gasteiger partial charge in [0.25, 0.3) is 0 Å². The van der Waals surface area contributed by atoms with Gasteiger partial charge in [0.1, 0.15) is 5.76 Å². The molecule has 2 aromatic rings. The van der Waals surface area contributed by atoms with Gasteiger partial charge in [-0.2, -0.15) is 5.10 Å². The van der Waals surface area contributed by atoms with Gasteiger partial charge in [-0.25, -0.2) is 5.43 Å². The fourth-order valence-corrected chi connectivity index (χ4v) is 1.89. The van der Waals surface area contributed by atoms with Crippen molar-refractivity contribution in [1.29, 1.82) is 0 Å². The molecule has 0 spiro atoms. The van der Waals surface area contributed by atoms with Gasteiger partial charge in [0.05, 0.1) is 33.2 Å². The van der Waals surface area contributed by atoms with Crippen molar-refractivity contribution < 1.29 is 23.5 Å². The van der Waals surface area contributed by atoms with Crippen molar-refractivity contribution in [2.75, 3.05) is 14.2 Å². The molecule has 0 atom stereocenters. The average Bonchev–Trinajstić information content (AvgIpc) is 3.12. The molecule has 8 nitrogen and oxygen atoms in total. The SMILES string of the molecule is COc1cccc(/C=N\NC(=O)C(=O)NCc2ccco2)c1OC. The first kappa shape index (κ1) is 17.1. The minimum atomic E-state index is -0.889. The number of carbonyl (C=O) groups is 2. The molecule has 0 unspecified atom stereocenters. The molecule has 2 amide bonds. The maximum absolute atomic E-state index is 11.6. The predicted octanol–water partition coefficient (Wildman–Crippen LogP) is 1.06. The summed E-state index contributed by atoms with van der Waals surface area (Å²) in [6.45, 7) is 0.118. The summed E-state index contributed by atoms with van der Waals surface area (Å²) < 4.78 is 15.4. The Morgan fingerprint density at radius 2 is 2.00 bits per heavy atom. The van der Waals surface area contributed by atoms with Crippen molar-refractivity contribution in [2.45, 2.75) is 6.54 Å². The summed E-state index contributed by atoms with van der Waals surface area (Å²) in [5, 5.41) is 6.16. The van der Waals surface area contributed by atoms with E-state index in [4.69, 9.17) is 13.9 Å². The van der Waals surface area contributed by atoms with Gasteiger partial charge >= 0.3 is 11.8 Å². The third-order valence-electron chi connectivity index (χ3n) is 3.01. The molecule has 0 fully saturated rings. The van der Waals surface area contributed by atoms with Gasteiger partial charge in [-0.3, -0.25) is 9.59 Å². The summed E-state index contributed by atoms with van der Waals surface area (Å²) in [4.78, 5) is 23.3. The average molecular weight is 331 g/mol. The van der Waals surface area contributed by atoms with Gasteiger partial charge in [-0.05, 0) is 24.3 Å². The van der Waals surface area contributed by atoms with Crippen LogP contribution in [0.1, 0.15) is 11.3 Å². The summed E-state index contributed by atoms with van der Waals surface area (Å²) in [6, 6.07) is 8.59. The number of methoxy groups -OCH3 is 2. The maximum atomic E-state index is 11.6. The van der Waals surface area contributed by atoms with Crippen LogP contribution in [0.25, 0.3) is 0 Å². The zero-order chi connectivity index (χ0) is 17.4. The van der Waals surface area contributed by atoms with E-state index in [1.165, 1.54) is 26.7 Å². The van der Waals surface area contributed by atoms with Crippen LogP contribution < -0.4 is 20.2 Å². The lowest BCUT2D eigenvalue weighted by Gasteiger charge is -2.09. The molecular weight excluding hydrogens is 314 g/mol. The summed E-state index contributed by atoms with van der Waals surface area (Å²) in [6.07, 6.45) is 2.84. The highest BCUT2D eigenvalue weighted by atomic mass is 16.5. The molecule has 0 aliphatic rings. The van der Waals surface area contributed by atoms with Gasteiger partial charge in [-0.1, -0.05) is 6.07 Å². The van der Waals surface area contributed by atoms with E-state index in [0.717, 1.165) is 0 Å². The lowest BCUT2D eigenvalue weighted by molar-refractivity contribution is -0.139. The van der Waals surface area contributed by atoms with E-state index in [-0.39, 0.29) is 6.54 Å². The van der Waals surface area contributed by atoms with Crippen LogP contribution in [0, 0.1) is 0 Å². The van der Waals surface area contributed by atoms with Crippen molar-refractivity contribution in [3.63, 3.8) is 0 Å². The van der Waals surface area contributed by atoms with E-state index in [1.807, 2.05) is 0 Å². The zero-order valence-corrected chi connectivity index (χ0v) is 13.2. The van der Waals surface area contributed by atoms with Gasteiger partial charge in [0.15, 0.2) is 11.5 Å². The van der Waals surface area contributed by atoms with Gasteiger partial charge in [0.2, 0.25) is 0 Å². The smallest absolute Gasteiger partial charge is 0.329 e. The monoisotopic (exact) mass is 331 g/mol. The molecule has 0 bridgehead atoms. The standard InChI is InChI=1S/C16H17N3O5/c1-22-13-7-3-5-11(14(13)23-2)9-18-19-16(21)15(20)17-10-12-6-4-8-24-12/h3-9H,10H2,1-2H3,(H,17,20)(H,19,21)/b18-9-. The Morgan fingerprint density at radius 1 is 1.17 bits per heavy atom. The molecular formula is C16H17N3O5. The Hall–Kier alpha value is -3.29. The van der Waals surface area contributed by atoms with Crippen LogP contribution in [0.2, 0.25) is 0 Å². The number of rotatable bonds is 6. The second-order valence-electron chi connectivity index (χ2n) is 4.54. The lowest BCUT2D eigenvalue weighted by Crippen LogP contribution is -2.37. The van der Waals surface area contributed by atoms with Gasteiger partial charge < -0.3 is 19.2 Å². The van der Waals surface area contributed by atoms with Crippen LogP contribution in [-0.4, -0.2) is 32.2 Å². The van der Waals surface area contributed by atoms with E-state index in [1.54, 1.807) is 30.3 Å². The minimum Gasteiger partial charge on any atom is -0.493 e. The number of benzene rings is 1. The Labute approximate surface area is 138 Å². The molecule has 0 aliphatic heterocycles. The van der Waals surface area contributed by atoms with Crippen molar-refractivity contribution in [1.82, 2.24) is 10.7 Å². The van der Waals surface area contributed by atoms with Crippen LogP contribution >= 0.6 is 0 Å². The maximum Gasteiger partial charge on any atom is 0.329 e. The molecule has 2 rings (SSSR count). The summed E-state index contributed by atoms with van der Waals surface area (Å²) >= 11 is 0. The van der Waals surface area contributed by atoms with E-state index in [9.17, 15) is 9.59 Å². The van der Waals surface area contributed by atoms with E-state index in [2.05, 4.69) is 15.8 Å². The van der Waals surface area contributed by atoms with Crippen LogP contribution in [-0.2, 0) is 16.1 Å². The van der Waals surface area contributed by atoms with Crippen molar-refractivity contribution >= 4 is 18.0 Å². The Bertz CT molecular complexity index is 725. The number of para-hydroxylation sites is 1. The first-order valence-corrected chi connectivity index (χ1v) is 7.00. The molecule has 0 saturated heterocycles. The molecule has 8 heteroatoms. The zero-order valence-electron chi connectivity index (χ0n) is 13.2. The number of hydrogen-bond donors (Lipinski definition) is 2. The Kier molecular flexibility index (Phi) is 5.95. The van der Waals surface area contributed by atoms with E-state index < -0.39 is 11.8 Å². The normalized spacial score (nSPS) is 10.4. The summed E-state index contributed by atoms with van der Waals surface area (Å²) in [5.74, 6) is -0.161. The number of hydrazone groups is 1. The molecule has 24 heavy (non-hydrogen) atoms. The second kappa shape index (κ2) is 8.37. The summed E-state index contributed by atoms with van der Waals surface area (Å²) in [7, 11) is 3.01. The highest BCUT2D eigenvalue weighted by Crippen LogP contribution is 2.29. The highest BCUT2D eigenvalue weighted by Gasteiger charge is 2.13. The molecule has 0 saturated carbocycles. The number of nitrogens with one attached hydrogen (secondary N) is 2. The molecule has 126 valence electrons. The Balaban J connectivity index is 1.91. The second-order valence-corrected chi connectivity index (χ2v) is 4.54. The number of hydrogen-bond acceptors (Lipinski definition) is 6. The first-order chi connectivity index (χ1) is 11.7. The largest absolute Gasteiger partial charge is 0.493 e. The van der Waals surface area contributed by atoms with Crippen LogP contribution in [0.3, 0.4) is 0 Å². The topological polar surface area (TPSA) is 102 Å². The highest BCUT2D eigenvalue weighted by molar-refractivity contribution is 6.35. The lowest BCUT2D eigenvalue weighted by atomic mass is 10.2. The van der Waals surface area contributed by atoms with E-state index in [0.29, 0.717) is 22.8 Å². The predicted molar refractivity (Wildman–Crippen MR) is 85.8 cm³/mol. The fraction of sp³-hybridized carbons (Fsp3) is 0.188. The van der Waals surface area contributed by atoms with Gasteiger partial charge in [0, 0.05) is 5.56 Å². The van der Waals surface area contributed by atoms with Crippen molar-refractivity contribution in [3.8, 4) is 11.5 Å². The first-order valence-electron chi connectivity index (χ1n) is 7.00. The molecule has 0 aliphatic carbocycles. The molecule has 1 aromatic heterocycles. The number of carbonyl (C=O) groups excluding carboxylic acids is 2. The Morgan fingerprint density at radius 3 is 2.67 bits per heavy atom.